The van der Waals surface area contributed by atoms with Gasteiger partial charge in [-0.15, -0.1) is 0 Å². The molecule has 0 bridgehead atoms. The Balaban J connectivity index is 1.43. The Morgan fingerprint density at radius 2 is 1.72 bits per heavy atom. The maximum absolute atomic E-state index is 13.9. The lowest BCUT2D eigenvalue weighted by molar-refractivity contribution is -0.137. The summed E-state index contributed by atoms with van der Waals surface area (Å²) in [5, 5.41) is 1.57. The van der Waals surface area contributed by atoms with Gasteiger partial charge in [0, 0.05) is 11.3 Å². The molecule has 1 saturated heterocycles. The summed E-state index contributed by atoms with van der Waals surface area (Å²) in [6.45, 7) is -0.695. The van der Waals surface area contributed by atoms with E-state index in [0.717, 1.165) is 18.2 Å². The molecule has 0 atom stereocenters. The number of rotatable bonds is 7. The highest BCUT2D eigenvalue weighted by atomic mass is 79.9. The van der Waals surface area contributed by atoms with Gasteiger partial charge in [0.1, 0.15) is 24.7 Å². The van der Waals surface area contributed by atoms with Crippen LogP contribution in [0.5, 0.6) is 5.75 Å². The van der Waals surface area contributed by atoms with Crippen molar-refractivity contribution in [1.82, 2.24) is 4.90 Å². The summed E-state index contributed by atoms with van der Waals surface area (Å²) in [5.41, 5.74) is -0.184. The molecule has 0 radical (unpaired) electrons. The number of nitrogens with zero attached hydrogens (tertiary/aromatic N) is 1. The predicted octanol–water partition coefficient (Wildman–Crippen LogP) is 7.62. The summed E-state index contributed by atoms with van der Waals surface area (Å²) in [7, 11) is 0. The number of benzene rings is 3. The van der Waals surface area contributed by atoms with Crippen molar-refractivity contribution in [3.63, 3.8) is 0 Å². The molecule has 3 aromatic carbocycles. The smallest absolute Gasteiger partial charge is 0.416 e. The van der Waals surface area contributed by atoms with Gasteiger partial charge >= 0.3 is 6.18 Å². The van der Waals surface area contributed by atoms with Crippen molar-refractivity contribution in [3.05, 3.63) is 97.0 Å². The molecule has 1 N–H and O–H groups in total. The highest BCUT2D eigenvalue weighted by Crippen LogP contribution is 2.38. The molecule has 3 amide bonds. The largest absolute Gasteiger partial charge is 0.486 e. The number of nitrogens with one attached hydrogen (secondary N) is 1. The van der Waals surface area contributed by atoms with Crippen molar-refractivity contribution in [3.8, 4) is 5.75 Å². The number of ether oxygens (including phenoxy) is 1. The number of amides is 3. The SMILES string of the molecule is O=C(CN1C(=O)S/C(=C\c2cc(Br)c(OCc3ccccc3F)c(Br)c2)C1=O)Nc1cccc(C(F)(F)F)c1. The third-order valence-corrected chi connectivity index (χ3v) is 7.38. The minimum atomic E-state index is -4.59. The Morgan fingerprint density at radius 1 is 1.03 bits per heavy atom. The Morgan fingerprint density at radius 3 is 2.38 bits per heavy atom. The second kappa shape index (κ2) is 11.9. The van der Waals surface area contributed by atoms with Gasteiger partial charge < -0.3 is 10.1 Å². The molecule has 0 saturated carbocycles. The molecule has 0 unspecified atom stereocenters. The summed E-state index contributed by atoms with van der Waals surface area (Å²) in [5.74, 6) is -1.56. The highest BCUT2D eigenvalue weighted by molar-refractivity contribution is 9.11. The van der Waals surface area contributed by atoms with Gasteiger partial charge in [0.05, 0.1) is 19.4 Å². The highest BCUT2D eigenvalue weighted by Gasteiger charge is 2.36. The van der Waals surface area contributed by atoms with E-state index in [2.05, 4.69) is 37.2 Å². The molecule has 0 aliphatic carbocycles. The summed E-state index contributed by atoms with van der Waals surface area (Å²) < 4.78 is 59.3. The summed E-state index contributed by atoms with van der Waals surface area (Å²) in [6, 6.07) is 13.5. The van der Waals surface area contributed by atoms with Crippen LogP contribution in [0.15, 0.2) is 74.5 Å². The first-order valence-electron chi connectivity index (χ1n) is 11.0. The van der Waals surface area contributed by atoms with Crippen LogP contribution < -0.4 is 10.1 Å². The second-order valence-electron chi connectivity index (χ2n) is 8.09. The van der Waals surface area contributed by atoms with E-state index in [0.29, 0.717) is 42.5 Å². The molecule has 4 rings (SSSR count). The number of hydrogen-bond donors (Lipinski definition) is 1. The first-order chi connectivity index (χ1) is 18.4. The van der Waals surface area contributed by atoms with Gasteiger partial charge in [0.25, 0.3) is 11.1 Å². The summed E-state index contributed by atoms with van der Waals surface area (Å²) >= 11 is 7.40. The molecule has 1 heterocycles. The normalized spacial score (nSPS) is 14.7. The zero-order valence-corrected chi connectivity index (χ0v) is 23.5. The van der Waals surface area contributed by atoms with Crippen molar-refractivity contribution in [1.29, 1.82) is 0 Å². The molecule has 0 spiro atoms. The van der Waals surface area contributed by atoms with Crippen LogP contribution in [0.4, 0.5) is 28.0 Å². The zero-order valence-electron chi connectivity index (χ0n) is 19.5. The van der Waals surface area contributed by atoms with Crippen LogP contribution in [0.3, 0.4) is 0 Å². The van der Waals surface area contributed by atoms with E-state index in [1.54, 1.807) is 30.3 Å². The van der Waals surface area contributed by atoms with Crippen LogP contribution in [0, 0.1) is 5.82 Å². The lowest BCUT2D eigenvalue weighted by Crippen LogP contribution is -2.36. The summed E-state index contributed by atoms with van der Waals surface area (Å²) in [6.07, 6.45) is -3.14. The molecule has 1 fully saturated rings. The lowest BCUT2D eigenvalue weighted by Gasteiger charge is -2.13. The van der Waals surface area contributed by atoms with Crippen molar-refractivity contribution in [2.75, 3.05) is 11.9 Å². The van der Waals surface area contributed by atoms with Gasteiger partial charge in [-0.3, -0.25) is 19.3 Å². The van der Waals surface area contributed by atoms with E-state index < -0.39 is 41.2 Å². The van der Waals surface area contributed by atoms with Crippen molar-refractivity contribution in [2.24, 2.45) is 0 Å². The fourth-order valence-corrected chi connectivity index (χ4v) is 5.76. The second-order valence-corrected chi connectivity index (χ2v) is 10.8. The number of carbonyl (C=O) groups is 3. The number of thioether (sulfide) groups is 1. The number of hydrogen-bond acceptors (Lipinski definition) is 5. The van der Waals surface area contributed by atoms with E-state index in [1.807, 2.05) is 0 Å². The molecule has 1 aliphatic heterocycles. The molecular weight excluding hydrogens is 672 g/mol. The maximum Gasteiger partial charge on any atom is 0.416 e. The third-order valence-electron chi connectivity index (χ3n) is 5.30. The molecule has 202 valence electrons. The Hall–Kier alpha value is -3.16. The van der Waals surface area contributed by atoms with Gasteiger partial charge in [-0.05, 0) is 91.7 Å². The van der Waals surface area contributed by atoms with Crippen molar-refractivity contribution >= 4 is 72.4 Å². The number of anilines is 1. The van der Waals surface area contributed by atoms with Crippen LogP contribution >= 0.6 is 43.6 Å². The maximum atomic E-state index is 13.9. The van der Waals surface area contributed by atoms with Crippen LogP contribution in [0.25, 0.3) is 6.08 Å². The van der Waals surface area contributed by atoms with Gasteiger partial charge in [0.2, 0.25) is 5.91 Å². The van der Waals surface area contributed by atoms with Gasteiger partial charge in [-0.1, -0.05) is 24.3 Å². The van der Waals surface area contributed by atoms with E-state index in [4.69, 9.17) is 4.74 Å². The van der Waals surface area contributed by atoms with Gasteiger partial charge in [-0.2, -0.15) is 13.2 Å². The number of alkyl halides is 3. The summed E-state index contributed by atoms with van der Waals surface area (Å²) in [4.78, 5) is 38.4. The zero-order chi connectivity index (χ0) is 28.3. The van der Waals surface area contributed by atoms with E-state index in [1.165, 1.54) is 18.2 Å². The van der Waals surface area contributed by atoms with Crippen molar-refractivity contribution < 1.29 is 36.7 Å². The Labute approximate surface area is 240 Å². The minimum Gasteiger partial charge on any atom is -0.486 e. The number of imide groups is 1. The first-order valence-corrected chi connectivity index (χ1v) is 13.4. The fourth-order valence-electron chi connectivity index (χ4n) is 3.47. The van der Waals surface area contributed by atoms with Crippen molar-refractivity contribution in [2.45, 2.75) is 12.8 Å². The monoisotopic (exact) mass is 686 g/mol. The topological polar surface area (TPSA) is 75.7 Å². The van der Waals surface area contributed by atoms with Gasteiger partial charge in [-0.25, -0.2) is 4.39 Å². The van der Waals surface area contributed by atoms with Crippen LogP contribution in [0.1, 0.15) is 16.7 Å². The number of carbonyl (C=O) groups excluding carboxylic acids is 3. The average molecular weight is 688 g/mol. The van der Waals surface area contributed by atoms with Crippen LogP contribution in [-0.4, -0.2) is 28.5 Å². The van der Waals surface area contributed by atoms with E-state index in [9.17, 15) is 31.9 Å². The van der Waals surface area contributed by atoms with Crippen LogP contribution in [-0.2, 0) is 22.4 Å². The Kier molecular flexibility index (Phi) is 8.82. The third kappa shape index (κ3) is 7.08. The molecular formula is C26H16Br2F4N2O4S. The molecule has 6 nitrogen and oxygen atoms in total. The molecule has 13 heteroatoms. The predicted molar refractivity (Wildman–Crippen MR) is 145 cm³/mol. The lowest BCUT2D eigenvalue weighted by atomic mass is 10.2. The minimum absolute atomic E-state index is 0.0231. The first kappa shape index (κ1) is 28.8. The molecule has 1 aliphatic rings. The van der Waals surface area contributed by atoms with Crippen LogP contribution in [0.2, 0.25) is 0 Å². The number of halogens is 6. The van der Waals surface area contributed by atoms with E-state index in [-0.39, 0.29) is 17.2 Å². The average Bonchev–Trinajstić information content (AvgIpc) is 3.11. The molecule has 3 aromatic rings. The van der Waals surface area contributed by atoms with Gasteiger partial charge in [0.15, 0.2) is 0 Å². The standard InChI is InChI=1S/C26H16Br2F4N2O4S/c27-18-8-14(9-19(28)23(18)38-13-15-4-1-2-7-20(15)29)10-21-24(36)34(25(37)39-21)12-22(35)33-17-6-3-5-16(11-17)26(30,31)32/h1-11H,12-13H2,(H,33,35)/b21-10-. The van der Waals surface area contributed by atoms with E-state index >= 15 is 0 Å². The quantitative estimate of drug-likeness (QED) is 0.204. The fraction of sp³-hybridized carbons (Fsp3) is 0.115. The molecule has 39 heavy (non-hydrogen) atoms. The Bertz CT molecular complexity index is 1470. The molecule has 0 aromatic heterocycles.